The minimum Gasteiger partial charge on any atom is -0.367 e. The van der Waals surface area contributed by atoms with Gasteiger partial charge in [-0.1, -0.05) is 26.1 Å². The van der Waals surface area contributed by atoms with Crippen LogP contribution in [-0.2, 0) is 4.74 Å². The fourth-order valence-electron chi connectivity index (χ4n) is 3.43. The Morgan fingerprint density at radius 1 is 1.45 bits per heavy atom. The van der Waals surface area contributed by atoms with Crippen LogP contribution in [0.4, 0.5) is 0 Å². The summed E-state index contributed by atoms with van der Waals surface area (Å²) in [7, 11) is 0. The number of aryl methyl sites for hydroxylation is 1. The Kier molecular flexibility index (Phi) is 3.93. The van der Waals surface area contributed by atoms with Crippen molar-refractivity contribution in [3.8, 4) is 0 Å². The molecule has 5 heteroatoms. The third-order valence-electron chi connectivity index (χ3n) is 4.44. The van der Waals surface area contributed by atoms with Gasteiger partial charge < -0.3 is 9.72 Å². The van der Waals surface area contributed by atoms with Gasteiger partial charge in [0.25, 0.3) is 0 Å². The molecule has 2 atom stereocenters. The quantitative estimate of drug-likeness (QED) is 0.851. The van der Waals surface area contributed by atoms with Crippen molar-refractivity contribution in [3.63, 3.8) is 0 Å². The molecule has 1 aromatic rings. The van der Waals surface area contributed by atoms with Gasteiger partial charge in [0.1, 0.15) is 16.6 Å². The number of morpholine rings is 1. The van der Waals surface area contributed by atoms with E-state index in [2.05, 4.69) is 35.6 Å². The van der Waals surface area contributed by atoms with Crippen molar-refractivity contribution in [2.24, 2.45) is 0 Å². The summed E-state index contributed by atoms with van der Waals surface area (Å²) in [5.41, 5.74) is 2.28. The Morgan fingerprint density at radius 3 is 2.95 bits per heavy atom. The van der Waals surface area contributed by atoms with Crippen molar-refractivity contribution in [1.29, 1.82) is 0 Å². The largest absolute Gasteiger partial charge is 0.367 e. The first-order valence-electron chi connectivity index (χ1n) is 7.52. The van der Waals surface area contributed by atoms with Crippen molar-refractivity contribution in [1.82, 2.24) is 14.9 Å². The third-order valence-corrected chi connectivity index (χ3v) is 4.75. The van der Waals surface area contributed by atoms with Crippen LogP contribution in [0.2, 0.25) is 0 Å². The maximum atomic E-state index is 6.01. The van der Waals surface area contributed by atoms with Crippen LogP contribution in [0.25, 0.3) is 0 Å². The molecule has 0 bridgehead atoms. The summed E-state index contributed by atoms with van der Waals surface area (Å²) in [6.45, 7) is 9.33. The second kappa shape index (κ2) is 5.54. The molecule has 4 nitrogen and oxygen atoms in total. The highest BCUT2D eigenvalue weighted by atomic mass is 32.1. The van der Waals surface area contributed by atoms with E-state index >= 15 is 0 Å². The molecule has 0 aliphatic carbocycles. The number of hydrogen-bond acceptors (Lipinski definition) is 4. The minimum absolute atomic E-state index is 0.0333. The van der Waals surface area contributed by atoms with Crippen molar-refractivity contribution in [2.75, 3.05) is 19.7 Å². The van der Waals surface area contributed by atoms with Crippen LogP contribution in [-0.4, -0.2) is 40.6 Å². The summed E-state index contributed by atoms with van der Waals surface area (Å²) in [5.74, 6) is 1.29. The van der Waals surface area contributed by atoms with Gasteiger partial charge in [-0.15, -0.1) is 0 Å². The summed E-state index contributed by atoms with van der Waals surface area (Å²) in [5, 5.41) is 0. The van der Waals surface area contributed by atoms with E-state index in [0.29, 0.717) is 12.0 Å². The first-order chi connectivity index (χ1) is 9.56. The Balaban J connectivity index is 1.86. The molecule has 20 heavy (non-hydrogen) atoms. The van der Waals surface area contributed by atoms with Crippen molar-refractivity contribution < 1.29 is 4.74 Å². The molecule has 110 valence electrons. The maximum Gasteiger partial charge on any atom is 0.138 e. The standard InChI is InChI=1S/C15H23N3OS/c1-9(2)13-10(3)16-14(17-15(13)20)12-7-18-6-4-5-11(18)8-19-12/h9,11-12H,4-8H2,1-3H3,(H,16,17,20). The number of fused-ring (bicyclic) bond motifs is 1. The molecule has 0 saturated carbocycles. The van der Waals surface area contributed by atoms with Crippen molar-refractivity contribution in [3.05, 3.63) is 21.7 Å². The van der Waals surface area contributed by atoms with Crippen molar-refractivity contribution >= 4 is 12.2 Å². The van der Waals surface area contributed by atoms with E-state index < -0.39 is 0 Å². The molecular formula is C15H23N3OS. The fraction of sp³-hybridized carbons (Fsp3) is 0.733. The van der Waals surface area contributed by atoms with E-state index in [1.54, 1.807) is 0 Å². The summed E-state index contributed by atoms with van der Waals surface area (Å²) >= 11 is 5.47. The molecule has 0 radical (unpaired) electrons. The number of H-pyrrole nitrogens is 1. The van der Waals surface area contributed by atoms with Crippen LogP contribution in [0.15, 0.2) is 0 Å². The number of aromatic nitrogens is 2. The molecule has 3 rings (SSSR count). The molecular weight excluding hydrogens is 270 g/mol. The van der Waals surface area contributed by atoms with Gasteiger partial charge in [-0.3, -0.25) is 4.90 Å². The summed E-state index contributed by atoms with van der Waals surface area (Å²) in [6.07, 6.45) is 2.59. The van der Waals surface area contributed by atoms with Gasteiger partial charge in [-0.05, 0) is 32.2 Å². The Bertz CT molecular complexity index is 555. The lowest BCUT2D eigenvalue weighted by Crippen LogP contribution is -2.43. The SMILES string of the molecule is Cc1[nH]c(C2CN3CCCC3CO2)nc(=S)c1C(C)C. The molecule has 2 fully saturated rings. The van der Waals surface area contributed by atoms with Crippen LogP contribution in [0, 0.1) is 11.6 Å². The highest BCUT2D eigenvalue weighted by Crippen LogP contribution is 2.29. The second-order valence-corrected chi connectivity index (χ2v) is 6.62. The Morgan fingerprint density at radius 2 is 2.25 bits per heavy atom. The number of hydrogen-bond donors (Lipinski definition) is 1. The number of aromatic amines is 1. The van der Waals surface area contributed by atoms with E-state index in [1.165, 1.54) is 19.4 Å². The van der Waals surface area contributed by atoms with E-state index in [1.807, 2.05) is 0 Å². The normalized spacial score (nSPS) is 27.0. The molecule has 2 saturated heterocycles. The van der Waals surface area contributed by atoms with Gasteiger partial charge in [-0.25, -0.2) is 4.98 Å². The van der Waals surface area contributed by atoms with Crippen LogP contribution in [0.3, 0.4) is 0 Å². The zero-order valence-electron chi connectivity index (χ0n) is 12.5. The highest BCUT2D eigenvalue weighted by molar-refractivity contribution is 7.71. The Hall–Kier alpha value is -0.780. The first kappa shape index (κ1) is 14.2. The number of nitrogens with zero attached hydrogens (tertiary/aromatic N) is 2. The molecule has 2 aliphatic heterocycles. The molecule has 1 aromatic heterocycles. The second-order valence-electron chi connectivity index (χ2n) is 6.23. The zero-order valence-corrected chi connectivity index (χ0v) is 13.3. The Labute approximate surface area is 125 Å². The molecule has 1 N–H and O–H groups in total. The lowest BCUT2D eigenvalue weighted by atomic mass is 10.0. The minimum atomic E-state index is 0.0333. The molecule has 2 aliphatic rings. The maximum absolute atomic E-state index is 6.01. The van der Waals surface area contributed by atoms with Gasteiger partial charge in [-0.2, -0.15) is 0 Å². The average molecular weight is 293 g/mol. The summed E-state index contributed by atoms with van der Waals surface area (Å²) in [6, 6.07) is 0.616. The lowest BCUT2D eigenvalue weighted by molar-refractivity contribution is -0.0542. The van der Waals surface area contributed by atoms with E-state index in [0.717, 1.165) is 34.9 Å². The van der Waals surface area contributed by atoms with Gasteiger partial charge >= 0.3 is 0 Å². The van der Waals surface area contributed by atoms with E-state index in [9.17, 15) is 0 Å². The number of nitrogens with one attached hydrogen (secondary N) is 1. The molecule has 3 heterocycles. The van der Waals surface area contributed by atoms with Gasteiger partial charge in [0.05, 0.1) is 6.61 Å². The van der Waals surface area contributed by atoms with E-state index in [4.69, 9.17) is 17.0 Å². The van der Waals surface area contributed by atoms with E-state index in [-0.39, 0.29) is 6.10 Å². The molecule has 0 aromatic carbocycles. The van der Waals surface area contributed by atoms with Gasteiger partial charge in [0.2, 0.25) is 0 Å². The van der Waals surface area contributed by atoms with Crippen LogP contribution < -0.4 is 0 Å². The topological polar surface area (TPSA) is 41.2 Å². The fourth-order valence-corrected chi connectivity index (χ4v) is 3.92. The third kappa shape index (κ3) is 2.54. The average Bonchev–Trinajstić information content (AvgIpc) is 2.84. The monoisotopic (exact) mass is 293 g/mol. The summed E-state index contributed by atoms with van der Waals surface area (Å²) < 4.78 is 6.73. The van der Waals surface area contributed by atoms with Crippen LogP contribution in [0.1, 0.15) is 55.8 Å². The first-order valence-corrected chi connectivity index (χ1v) is 7.93. The lowest BCUT2D eigenvalue weighted by Gasteiger charge is -2.34. The van der Waals surface area contributed by atoms with Gasteiger partial charge in [0, 0.05) is 23.8 Å². The predicted molar refractivity (Wildman–Crippen MR) is 81.5 cm³/mol. The smallest absolute Gasteiger partial charge is 0.138 e. The van der Waals surface area contributed by atoms with Crippen molar-refractivity contribution in [2.45, 2.75) is 51.7 Å². The molecule has 0 spiro atoms. The number of rotatable bonds is 2. The summed E-state index contributed by atoms with van der Waals surface area (Å²) in [4.78, 5) is 10.5. The highest BCUT2D eigenvalue weighted by Gasteiger charge is 2.34. The van der Waals surface area contributed by atoms with Gasteiger partial charge in [0.15, 0.2) is 0 Å². The molecule has 2 unspecified atom stereocenters. The zero-order chi connectivity index (χ0) is 14.3. The predicted octanol–water partition coefficient (Wildman–Crippen LogP) is 3.11. The number of ether oxygens (including phenoxy) is 1. The molecule has 0 amide bonds. The van der Waals surface area contributed by atoms with Crippen LogP contribution in [0.5, 0.6) is 0 Å². The van der Waals surface area contributed by atoms with Crippen LogP contribution >= 0.6 is 12.2 Å².